The first-order valence-electron chi connectivity index (χ1n) is 13.5. The highest BCUT2D eigenvalue weighted by atomic mass is 19.4. The summed E-state index contributed by atoms with van der Waals surface area (Å²) in [5.41, 5.74) is 2.72. The van der Waals surface area contributed by atoms with Gasteiger partial charge in [0.1, 0.15) is 17.5 Å². The van der Waals surface area contributed by atoms with Gasteiger partial charge in [0.2, 0.25) is 5.91 Å². The number of nitrogens with zero attached hydrogens (tertiary/aromatic N) is 5. The maximum absolute atomic E-state index is 13.1. The Hall–Kier alpha value is -4.98. The maximum atomic E-state index is 13.1. The zero-order chi connectivity index (χ0) is 29.7. The first kappa shape index (κ1) is 28.5. The lowest BCUT2D eigenvalue weighted by atomic mass is 10.0. The molecule has 3 aromatic heterocycles. The number of amides is 1. The Kier molecular flexibility index (Phi) is 8.33. The number of pyridine rings is 3. The van der Waals surface area contributed by atoms with E-state index in [1.54, 1.807) is 24.4 Å². The van der Waals surface area contributed by atoms with Crippen molar-refractivity contribution in [1.82, 2.24) is 19.9 Å². The summed E-state index contributed by atoms with van der Waals surface area (Å²) < 4.78 is 39.2. The second-order valence-corrected chi connectivity index (χ2v) is 10.1. The number of likely N-dealkylation sites (tertiary alicyclic amines) is 1. The van der Waals surface area contributed by atoms with Crippen LogP contribution in [0.3, 0.4) is 0 Å². The Bertz CT molecular complexity index is 1610. The standard InChI is InChI=1S/C31H28F3N7O/c1-20-14-26(39-29(15-20)40-28-17-24(8-11-36-28)31(32,33)34)23-6-7-27(37-19-23)38-25-9-12-41(13-10-25)30(42)16-21-4-2-3-5-22(21)18-35/h2-8,11,14-15,17,19,25H,9-10,12-13,16H2,1H3,(H,37,38)(H,36,39,40). The molecule has 0 radical (unpaired) electrons. The number of halogens is 3. The van der Waals surface area contributed by atoms with Gasteiger partial charge in [-0.3, -0.25) is 4.79 Å². The lowest BCUT2D eigenvalue weighted by molar-refractivity contribution is -0.137. The number of carbonyl (C=O) groups is 1. The average molecular weight is 572 g/mol. The molecule has 1 aromatic carbocycles. The first-order valence-corrected chi connectivity index (χ1v) is 13.5. The van der Waals surface area contributed by atoms with Crippen LogP contribution in [0, 0.1) is 18.3 Å². The Balaban J connectivity index is 1.18. The molecule has 4 aromatic rings. The maximum Gasteiger partial charge on any atom is 0.416 e. The minimum Gasteiger partial charge on any atom is -0.367 e. The van der Waals surface area contributed by atoms with E-state index in [0.717, 1.165) is 47.9 Å². The van der Waals surface area contributed by atoms with Crippen molar-refractivity contribution in [3.05, 3.63) is 95.3 Å². The average Bonchev–Trinajstić information content (AvgIpc) is 2.97. The van der Waals surface area contributed by atoms with Gasteiger partial charge in [-0.05, 0) is 73.4 Å². The summed E-state index contributed by atoms with van der Waals surface area (Å²) in [5.74, 6) is 1.13. The zero-order valence-electron chi connectivity index (χ0n) is 22.8. The third-order valence-corrected chi connectivity index (χ3v) is 7.05. The van der Waals surface area contributed by atoms with Gasteiger partial charge in [-0.25, -0.2) is 15.0 Å². The monoisotopic (exact) mass is 571 g/mol. The lowest BCUT2D eigenvalue weighted by Crippen LogP contribution is -2.43. The number of alkyl halides is 3. The molecule has 1 fully saturated rings. The van der Waals surface area contributed by atoms with E-state index < -0.39 is 11.7 Å². The third kappa shape index (κ3) is 7.01. The molecular weight excluding hydrogens is 543 g/mol. The second kappa shape index (κ2) is 12.3. The summed E-state index contributed by atoms with van der Waals surface area (Å²) in [5, 5.41) is 15.6. The number of aryl methyl sites for hydroxylation is 1. The number of rotatable bonds is 7. The quantitative estimate of drug-likeness (QED) is 0.275. The fraction of sp³-hybridized carbons (Fsp3) is 0.258. The number of nitriles is 1. The van der Waals surface area contributed by atoms with Crippen molar-refractivity contribution in [2.75, 3.05) is 23.7 Å². The molecule has 11 heteroatoms. The summed E-state index contributed by atoms with van der Waals surface area (Å²) in [6.45, 7) is 3.11. The van der Waals surface area contributed by atoms with Crippen molar-refractivity contribution in [2.24, 2.45) is 0 Å². The molecule has 1 saturated heterocycles. The van der Waals surface area contributed by atoms with Crippen LogP contribution >= 0.6 is 0 Å². The van der Waals surface area contributed by atoms with Crippen molar-refractivity contribution in [3.63, 3.8) is 0 Å². The van der Waals surface area contributed by atoms with Crippen LogP contribution in [0.1, 0.15) is 35.1 Å². The van der Waals surface area contributed by atoms with Crippen molar-refractivity contribution in [3.8, 4) is 17.3 Å². The molecule has 0 bridgehead atoms. The molecule has 1 aliphatic heterocycles. The molecule has 5 rings (SSSR count). The minimum atomic E-state index is -4.47. The van der Waals surface area contributed by atoms with E-state index in [1.165, 1.54) is 0 Å². The molecule has 0 atom stereocenters. The van der Waals surface area contributed by atoms with Gasteiger partial charge in [0, 0.05) is 37.1 Å². The predicted molar refractivity (Wildman–Crippen MR) is 153 cm³/mol. The van der Waals surface area contributed by atoms with Crippen LogP contribution in [0.15, 0.2) is 73.1 Å². The summed E-state index contributed by atoms with van der Waals surface area (Å²) in [7, 11) is 0. The van der Waals surface area contributed by atoms with Crippen LogP contribution < -0.4 is 10.6 Å². The summed E-state index contributed by atoms with van der Waals surface area (Å²) >= 11 is 0. The first-order chi connectivity index (χ1) is 20.2. The molecule has 8 nitrogen and oxygen atoms in total. The molecule has 1 aliphatic rings. The van der Waals surface area contributed by atoms with E-state index in [9.17, 15) is 23.2 Å². The van der Waals surface area contributed by atoms with E-state index in [4.69, 9.17) is 0 Å². The van der Waals surface area contributed by atoms with Gasteiger partial charge in [0.05, 0.1) is 29.3 Å². The molecule has 214 valence electrons. The highest BCUT2D eigenvalue weighted by molar-refractivity contribution is 5.79. The van der Waals surface area contributed by atoms with Gasteiger partial charge in [0.15, 0.2) is 0 Å². The highest BCUT2D eigenvalue weighted by Crippen LogP contribution is 2.31. The van der Waals surface area contributed by atoms with Gasteiger partial charge in [-0.2, -0.15) is 18.4 Å². The number of piperidine rings is 1. The van der Waals surface area contributed by atoms with Crippen molar-refractivity contribution in [2.45, 2.75) is 38.4 Å². The van der Waals surface area contributed by atoms with Crippen LogP contribution in [0.5, 0.6) is 0 Å². The molecule has 1 amide bonds. The smallest absolute Gasteiger partial charge is 0.367 e. The van der Waals surface area contributed by atoms with E-state index >= 15 is 0 Å². The van der Waals surface area contributed by atoms with E-state index in [-0.39, 0.29) is 24.2 Å². The topological polar surface area (TPSA) is 107 Å². The number of nitrogens with one attached hydrogen (secondary N) is 2. The Morgan fingerprint density at radius 2 is 1.81 bits per heavy atom. The van der Waals surface area contributed by atoms with Gasteiger partial charge in [-0.1, -0.05) is 18.2 Å². The van der Waals surface area contributed by atoms with Gasteiger partial charge < -0.3 is 15.5 Å². The molecule has 0 spiro atoms. The predicted octanol–water partition coefficient (Wildman–Crippen LogP) is 6.13. The van der Waals surface area contributed by atoms with Gasteiger partial charge >= 0.3 is 6.18 Å². The lowest BCUT2D eigenvalue weighted by Gasteiger charge is -2.32. The van der Waals surface area contributed by atoms with E-state index in [2.05, 4.69) is 31.7 Å². The molecule has 0 saturated carbocycles. The molecule has 0 aliphatic carbocycles. The summed E-state index contributed by atoms with van der Waals surface area (Å²) in [6.07, 6.45) is 0.0920. The summed E-state index contributed by atoms with van der Waals surface area (Å²) in [4.78, 5) is 27.7. The minimum absolute atomic E-state index is 0.0157. The molecule has 2 N–H and O–H groups in total. The van der Waals surface area contributed by atoms with Gasteiger partial charge in [-0.15, -0.1) is 0 Å². The largest absolute Gasteiger partial charge is 0.416 e. The van der Waals surface area contributed by atoms with Crippen LogP contribution in [0.4, 0.5) is 30.6 Å². The molecule has 42 heavy (non-hydrogen) atoms. The Morgan fingerprint density at radius 3 is 2.52 bits per heavy atom. The number of aromatic nitrogens is 3. The highest BCUT2D eigenvalue weighted by Gasteiger charge is 2.30. The van der Waals surface area contributed by atoms with Crippen LogP contribution in [0.25, 0.3) is 11.3 Å². The summed E-state index contributed by atoms with van der Waals surface area (Å²) in [6, 6.07) is 18.7. The zero-order valence-corrected chi connectivity index (χ0v) is 22.8. The van der Waals surface area contributed by atoms with Crippen molar-refractivity contribution >= 4 is 23.4 Å². The molecular formula is C31H28F3N7O. The van der Waals surface area contributed by atoms with Crippen LogP contribution in [0.2, 0.25) is 0 Å². The van der Waals surface area contributed by atoms with Crippen molar-refractivity contribution < 1.29 is 18.0 Å². The number of benzene rings is 1. The molecule has 4 heterocycles. The SMILES string of the molecule is Cc1cc(Nc2cc(C(F)(F)F)ccn2)nc(-c2ccc(NC3CCN(C(=O)Cc4ccccc4C#N)CC3)nc2)c1. The number of anilines is 3. The van der Waals surface area contributed by atoms with Crippen LogP contribution in [-0.2, 0) is 17.4 Å². The normalized spacial score (nSPS) is 13.8. The van der Waals surface area contributed by atoms with Crippen LogP contribution in [-0.4, -0.2) is 44.9 Å². The number of carbonyl (C=O) groups excluding carboxylic acids is 1. The second-order valence-electron chi connectivity index (χ2n) is 10.1. The number of hydrogen-bond acceptors (Lipinski definition) is 7. The van der Waals surface area contributed by atoms with Gasteiger partial charge in [0.25, 0.3) is 0 Å². The Labute approximate surface area is 241 Å². The van der Waals surface area contributed by atoms with E-state index in [1.807, 2.05) is 42.2 Å². The van der Waals surface area contributed by atoms with E-state index in [0.29, 0.717) is 36.0 Å². The Morgan fingerprint density at radius 1 is 1.02 bits per heavy atom. The fourth-order valence-electron chi connectivity index (χ4n) is 4.86. The van der Waals surface area contributed by atoms with Crippen molar-refractivity contribution in [1.29, 1.82) is 5.26 Å². The third-order valence-electron chi connectivity index (χ3n) is 7.05. The fourth-order valence-corrected chi connectivity index (χ4v) is 4.86. The number of hydrogen-bond donors (Lipinski definition) is 2. The molecule has 0 unspecified atom stereocenters.